The van der Waals surface area contributed by atoms with E-state index in [1.165, 1.54) is 51.4 Å². The minimum atomic E-state index is -0.362. The van der Waals surface area contributed by atoms with Gasteiger partial charge in [0.2, 0.25) is 5.91 Å². The Bertz CT molecular complexity index is 365. The molecule has 0 aliphatic heterocycles. The number of nitrogens with two attached hydrogens (primary N) is 1. The number of hydrogen-bond acceptors (Lipinski definition) is 1. The van der Waals surface area contributed by atoms with E-state index in [9.17, 15) is 4.79 Å². The number of aryl methyl sites for hydroxylation is 1. The number of primary amides is 1. The van der Waals surface area contributed by atoms with Gasteiger partial charge in [-0.25, -0.2) is 4.57 Å². The third-order valence-corrected chi connectivity index (χ3v) is 3.45. The van der Waals surface area contributed by atoms with Crippen LogP contribution in [-0.4, -0.2) is 5.91 Å². The number of unbranched alkanes of at least 4 members (excludes halogenated alkanes) is 7. The molecule has 0 saturated carbocycles. The first kappa shape index (κ1) is 19.4. The Morgan fingerprint density at radius 3 is 2.00 bits per heavy atom. The molecule has 0 aliphatic carbocycles. The van der Waals surface area contributed by atoms with Gasteiger partial charge in [0.05, 0.1) is 5.56 Å². The van der Waals surface area contributed by atoms with Crippen molar-refractivity contribution in [2.75, 3.05) is 0 Å². The summed E-state index contributed by atoms with van der Waals surface area (Å²) < 4.78 is 2.11. The van der Waals surface area contributed by atoms with Crippen LogP contribution < -0.4 is 34.3 Å². The van der Waals surface area contributed by atoms with Crippen LogP contribution in [0, 0.1) is 0 Å². The Hall–Kier alpha value is -0.650. The molecule has 0 bridgehead atoms. The van der Waals surface area contributed by atoms with E-state index in [4.69, 9.17) is 5.73 Å². The SMILES string of the molecule is CCCCCCCCCC[n+]1ccc(C(N)=O)cc1.[I-]. The van der Waals surface area contributed by atoms with E-state index in [2.05, 4.69) is 11.5 Å². The minimum Gasteiger partial charge on any atom is -1.00 e. The van der Waals surface area contributed by atoms with Gasteiger partial charge in [-0.3, -0.25) is 4.79 Å². The van der Waals surface area contributed by atoms with Crippen LogP contribution in [0.3, 0.4) is 0 Å². The van der Waals surface area contributed by atoms with E-state index in [-0.39, 0.29) is 29.9 Å². The molecule has 114 valence electrons. The third kappa shape index (κ3) is 8.51. The topological polar surface area (TPSA) is 47.0 Å². The first-order valence-corrected chi connectivity index (χ1v) is 7.53. The van der Waals surface area contributed by atoms with Gasteiger partial charge >= 0.3 is 0 Å². The highest BCUT2D eigenvalue weighted by Gasteiger charge is 2.04. The van der Waals surface area contributed by atoms with Gasteiger partial charge in [-0.05, 0) is 6.42 Å². The van der Waals surface area contributed by atoms with Crippen LogP contribution in [0.2, 0.25) is 0 Å². The van der Waals surface area contributed by atoms with Crippen LogP contribution >= 0.6 is 0 Å². The van der Waals surface area contributed by atoms with Crippen molar-refractivity contribution in [3.63, 3.8) is 0 Å². The van der Waals surface area contributed by atoms with E-state index in [0.717, 1.165) is 6.54 Å². The molecule has 1 heterocycles. The summed E-state index contributed by atoms with van der Waals surface area (Å²) in [5, 5.41) is 0. The van der Waals surface area contributed by atoms with Gasteiger partial charge in [0, 0.05) is 18.6 Å². The number of nitrogens with zero attached hydrogens (tertiary/aromatic N) is 1. The van der Waals surface area contributed by atoms with E-state index < -0.39 is 0 Å². The molecular formula is C16H27IN2O. The maximum Gasteiger partial charge on any atom is 0.249 e. The largest absolute Gasteiger partial charge is 1.00 e. The quantitative estimate of drug-likeness (QED) is 0.347. The maximum absolute atomic E-state index is 10.9. The third-order valence-electron chi connectivity index (χ3n) is 3.45. The van der Waals surface area contributed by atoms with Crippen molar-refractivity contribution in [2.24, 2.45) is 5.73 Å². The van der Waals surface area contributed by atoms with E-state index in [0.29, 0.717) is 5.56 Å². The number of rotatable bonds is 10. The van der Waals surface area contributed by atoms with Crippen LogP contribution in [-0.2, 0) is 6.54 Å². The molecule has 0 saturated heterocycles. The second kappa shape index (κ2) is 12.1. The summed E-state index contributed by atoms with van der Waals surface area (Å²) in [4.78, 5) is 10.9. The normalized spacial score (nSPS) is 10.1. The lowest BCUT2D eigenvalue weighted by Crippen LogP contribution is -3.00. The summed E-state index contributed by atoms with van der Waals surface area (Å²) >= 11 is 0. The van der Waals surface area contributed by atoms with Gasteiger partial charge in [0.1, 0.15) is 6.54 Å². The Balaban J connectivity index is 0.00000361. The molecule has 1 amide bonds. The summed E-state index contributed by atoms with van der Waals surface area (Å²) in [6.07, 6.45) is 14.5. The first-order valence-electron chi connectivity index (χ1n) is 7.53. The molecule has 0 fully saturated rings. The van der Waals surface area contributed by atoms with Crippen molar-refractivity contribution in [1.29, 1.82) is 0 Å². The van der Waals surface area contributed by atoms with Crippen molar-refractivity contribution in [2.45, 2.75) is 64.8 Å². The zero-order chi connectivity index (χ0) is 13.9. The highest BCUT2D eigenvalue weighted by molar-refractivity contribution is 5.92. The number of carbonyl (C=O) groups is 1. The molecule has 4 heteroatoms. The second-order valence-electron chi connectivity index (χ2n) is 5.16. The number of amides is 1. The highest BCUT2D eigenvalue weighted by Crippen LogP contribution is 2.08. The van der Waals surface area contributed by atoms with Gasteiger partial charge in [0.15, 0.2) is 12.4 Å². The molecule has 1 aromatic rings. The van der Waals surface area contributed by atoms with Crippen molar-refractivity contribution in [3.05, 3.63) is 30.1 Å². The van der Waals surface area contributed by atoms with Crippen molar-refractivity contribution >= 4 is 5.91 Å². The van der Waals surface area contributed by atoms with Crippen LogP contribution in [0.1, 0.15) is 68.6 Å². The molecule has 0 unspecified atom stereocenters. The molecule has 3 nitrogen and oxygen atoms in total. The van der Waals surface area contributed by atoms with Crippen molar-refractivity contribution in [1.82, 2.24) is 0 Å². The highest BCUT2D eigenvalue weighted by atomic mass is 127. The Labute approximate surface area is 140 Å². The lowest BCUT2D eigenvalue weighted by atomic mass is 10.1. The summed E-state index contributed by atoms with van der Waals surface area (Å²) in [5.41, 5.74) is 5.78. The van der Waals surface area contributed by atoms with Gasteiger partial charge in [-0.1, -0.05) is 45.4 Å². The average Bonchev–Trinajstić information content (AvgIpc) is 2.42. The number of pyridine rings is 1. The molecule has 0 aliphatic rings. The lowest BCUT2D eigenvalue weighted by Gasteiger charge is -2.00. The molecular weight excluding hydrogens is 363 g/mol. The Morgan fingerprint density at radius 2 is 1.50 bits per heavy atom. The Morgan fingerprint density at radius 1 is 1.00 bits per heavy atom. The van der Waals surface area contributed by atoms with Crippen LogP contribution in [0.25, 0.3) is 0 Å². The maximum atomic E-state index is 10.9. The fourth-order valence-electron chi connectivity index (χ4n) is 2.20. The molecule has 0 atom stereocenters. The summed E-state index contributed by atoms with van der Waals surface area (Å²) in [6, 6.07) is 3.57. The average molecular weight is 390 g/mol. The number of aromatic nitrogens is 1. The summed E-state index contributed by atoms with van der Waals surface area (Å²) in [5.74, 6) is -0.362. The zero-order valence-electron chi connectivity index (χ0n) is 12.5. The fourth-order valence-corrected chi connectivity index (χ4v) is 2.20. The van der Waals surface area contributed by atoms with E-state index in [1.54, 1.807) is 12.1 Å². The van der Waals surface area contributed by atoms with Crippen molar-refractivity contribution in [3.8, 4) is 0 Å². The number of hydrogen-bond donors (Lipinski definition) is 1. The standard InChI is InChI=1S/C16H26N2O.HI/c1-2-3-4-5-6-7-8-9-12-18-13-10-15(11-14-18)16(17)19;/h10-11,13-14H,2-9,12H2,1H3,(H-,17,19);1H. The van der Waals surface area contributed by atoms with E-state index >= 15 is 0 Å². The first-order chi connectivity index (χ1) is 9.24. The van der Waals surface area contributed by atoms with Crippen molar-refractivity contribution < 1.29 is 33.3 Å². The molecule has 0 radical (unpaired) electrons. The molecule has 0 spiro atoms. The second-order valence-corrected chi connectivity index (χ2v) is 5.16. The summed E-state index contributed by atoms with van der Waals surface area (Å²) in [6.45, 7) is 3.27. The number of halogens is 1. The molecule has 2 N–H and O–H groups in total. The van der Waals surface area contributed by atoms with Crippen LogP contribution in [0.5, 0.6) is 0 Å². The lowest BCUT2D eigenvalue weighted by molar-refractivity contribution is -0.697. The molecule has 0 aromatic carbocycles. The van der Waals surface area contributed by atoms with Gasteiger partial charge in [0.25, 0.3) is 0 Å². The zero-order valence-corrected chi connectivity index (χ0v) is 14.6. The van der Waals surface area contributed by atoms with Crippen LogP contribution in [0.15, 0.2) is 24.5 Å². The monoisotopic (exact) mass is 390 g/mol. The predicted octanol–water partition coefficient (Wildman–Crippen LogP) is 0.218. The summed E-state index contributed by atoms with van der Waals surface area (Å²) in [7, 11) is 0. The molecule has 1 rings (SSSR count). The minimum absolute atomic E-state index is 0. The smallest absolute Gasteiger partial charge is 0.249 e. The molecule has 1 aromatic heterocycles. The van der Waals surface area contributed by atoms with Gasteiger partial charge in [-0.15, -0.1) is 0 Å². The fraction of sp³-hybridized carbons (Fsp3) is 0.625. The number of carbonyl (C=O) groups excluding carboxylic acids is 1. The molecule has 20 heavy (non-hydrogen) atoms. The van der Waals surface area contributed by atoms with Gasteiger partial charge in [-0.2, -0.15) is 0 Å². The van der Waals surface area contributed by atoms with Crippen LogP contribution in [0.4, 0.5) is 0 Å². The van der Waals surface area contributed by atoms with Gasteiger partial charge < -0.3 is 29.7 Å². The Kier molecular flexibility index (Phi) is 11.7. The van der Waals surface area contributed by atoms with E-state index in [1.807, 2.05) is 12.4 Å². The predicted molar refractivity (Wildman–Crippen MR) is 77.8 cm³/mol.